The van der Waals surface area contributed by atoms with E-state index in [1.807, 2.05) is 11.9 Å². The molecule has 82 valence electrons. The van der Waals surface area contributed by atoms with Gasteiger partial charge in [-0.15, -0.1) is 0 Å². The predicted molar refractivity (Wildman–Crippen MR) is 60.2 cm³/mol. The highest BCUT2D eigenvalue weighted by Crippen LogP contribution is 2.04. The van der Waals surface area contributed by atoms with Gasteiger partial charge in [0.05, 0.1) is 0 Å². The molecule has 0 radical (unpaired) electrons. The Morgan fingerprint density at radius 3 is 2.36 bits per heavy atom. The number of carbonyl (C=O) groups excluding carboxylic acids is 1. The maximum Gasteiger partial charge on any atom is 0.376 e. The molecule has 0 aromatic heterocycles. The monoisotopic (exact) mass is 199 g/mol. The first kappa shape index (κ1) is 13.7. The van der Waals surface area contributed by atoms with Crippen LogP contribution in [0.1, 0.15) is 39.0 Å². The fraction of sp³-hybridized carbons (Fsp3) is 0.900. The Kier molecular flexibility index (Phi) is 7.81. The highest BCUT2D eigenvalue weighted by molar-refractivity contribution is 6.45. The van der Waals surface area contributed by atoms with Crippen LogP contribution in [0.3, 0.4) is 0 Å². The molecular formula is C10H22BNO2. The van der Waals surface area contributed by atoms with Crippen LogP contribution in [0.4, 0.5) is 0 Å². The zero-order chi connectivity index (χ0) is 11.0. The molecular weight excluding hydrogens is 177 g/mol. The van der Waals surface area contributed by atoms with E-state index in [2.05, 4.69) is 0 Å². The summed E-state index contributed by atoms with van der Waals surface area (Å²) in [6.07, 6.45) is 5.08. The summed E-state index contributed by atoms with van der Waals surface area (Å²) < 4.78 is 0. The molecule has 0 aliphatic carbocycles. The van der Waals surface area contributed by atoms with E-state index in [0.29, 0.717) is 6.42 Å². The third-order valence-corrected chi connectivity index (χ3v) is 2.43. The largest absolute Gasteiger partial charge is 0.437 e. The van der Waals surface area contributed by atoms with Crippen molar-refractivity contribution in [2.45, 2.75) is 45.9 Å². The highest BCUT2D eigenvalue weighted by Gasteiger charge is 2.08. The van der Waals surface area contributed by atoms with E-state index < -0.39 is 0 Å². The second-order valence-corrected chi connectivity index (χ2v) is 3.98. The zero-order valence-electron chi connectivity index (χ0n) is 9.62. The van der Waals surface area contributed by atoms with Crippen molar-refractivity contribution in [1.29, 1.82) is 0 Å². The van der Waals surface area contributed by atoms with Crippen LogP contribution in [0.2, 0.25) is 6.82 Å². The van der Waals surface area contributed by atoms with Gasteiger partial charge in [-0.05, 0) is 40.2 Å². The standard InChI is InChI=1S/C10H22BNO2/c1-10(13)8-6-4-5-7-9-12(3)11(2)14/h14H,4-9H2,1-3H3. The zero-order valence-corrected chi connectivity index (χ0v) is 9.62. The lowest BCUT2D eigenvalue weighted by atomic mass is 9.85. The van der Waals surface area contributed by atoms with Gasteiger partial charge in [-0.2, -0.15) is 0 Å². The first-order valence-electron chi connectivity index (χ1n) is 5.41. The van der Waals surface area contributed by atoms with E-state index in [-0.39, 0.29) is 12.8 Å². The van der Waals surface area contributed by atoms with Gasteiger partial charge in [0.2, 0.25) is 0 Å². The van der Waals surface area contributed by atoms with E-state index >= 15 is 0 Å². The Balaban J connectivity index is 3.17. The smallest absolute Gasteiger partial charge is 0.376 e. The van der Waals surface area contributed by atoms with Gasteiger partial charge in [-0.3, -0.25) is 0 Å². The molecule has 0 atom stereocenters. The lowest BCUT2D eigenvalue weighted by Crippen LogP contribution is -2.33. The first-order chi connectivity index (χ1) is 6.54. The molecule has 0 bridgehead atoms. The summed E-state index contributed by atoms with van der Waals surface area (Å²) in [7, 11) is 1.56. The number of Topliss-reactive ketones (excluding diaryl/α,β-unsaturated/α-hetero) is 1. The summed E-state index contributed by atoms with van der Waals surface area (Å²) in [6, 6.07) is 0. The molecule has 0 spiro atoms. The number of hydrogen-bond donors (Lipinski definition) is 1. The van der Waals surface area contributed by atoms with Crippen LogP contribution in [0, 0.1) is 0 Å². The van der Waals surface area contributed by atoms with Gasteiger partial charge >= 0.3 is 7.05 Å². The second-order valence-electron chi connectivity index (χ2n) is 3.98. The van der Waals surface area contributed by atoms with Gasteiger partial charge in [0.1, 0.15) is 5.78 Å². The number of unbranched alkanes of at least 4 members (excludes halogenated alkanes) is 3. The predicted octanol–water partition coefficient (Wildman–Crippen LogP) is 1.57. The Bertz CT molecular complexity index is 162. The van der Waals surface area contributed by atoms with Gasteiger partial charge in [0, 0.05) is 6.42 Å². The van der Waals surface area contributed by atoms with Crippen molar-refractivity contribution < 1.29 is 9.82 Å². The van der Waals surface area contributed by atoms with Crippen molar-refractivity contribution in [3.05, 3.63) is 0 Å². The minimum Gasteiger partial charge on any atom is -0.437 e. The summed E-state index contributed by atoms with van der Waals surface area (Å²) in [6.45, 7) is 4.34. The van der Waals surface area contributed by atoms with Crippen molar-refractivity contribution >= 4 is 12.8 Å². The molecule has 0 amide bonds. The fourth-order valence-corrected chi connectivity index (χ4v) is 1.28. The molecule has 0 aromatic carbocycles. The Morgan fingerprint density at radius 2 is 1.86 bits per heavy atom. The normalized spacial score (nSPS) is 10.6. The Hall–Kier alpha value is -0.345. The van der Waals surface area contributed by atoms with Crippen molar-refractivity contribution in [3.8, 4) is 0 Å². The average molecular weight is 199 g/mol. The van der Waals surface area contributed by atoms with Gasteiger partial charge in [-0.1, -0.05) is 12.8 Å². The molecule has 0 aromatic rings. The molecule has 0 aliphatic rings. The molecule has 1 N–H and O–H groups in total. The van der Waals surface area contributed by atoms with Crippen LogP contribution >= 0.6 is 0 Å². The molecule has 14 heavy (non-hydrogen) atoms. The van der Waals surface area contributed by atoms with Gasteiger partial charge in [0.15, 0.2) is 0 Å². The third kappa shape index (κ3) is 8.26. The number of hydrogen-bond acceptors (Lipinski definition) is 3. The maximum atomic E-state index is 10.6. The van der Waals surface area contributed by atoms with E-state index in [1.165, 1.54) is 0 Å². The summed E-state index contributed by atoms with van der Waals surface area (Å²) >= 11 is 0. The van der Waals surface area contributed by atoms with Crippen LogP contribution in [0.5, 0.6) is 0 Å². The van der Waals surface area contributed by atoms with Crippen molar-refractivity contribution in [1.82, 2.24) is 4.81 Å². The summed E-state index contributed by atoms with van der Waals surface area (Å²) in [5.41, 5.74) is 0. The quantitative estimate of drug-likeness (QED) is 0.476. The van der Waals surface area contributed by atoms with Crippen LogP contribution in [-0.4, -0.2) is 36.3 Å². The Labute approximate surface area is 87.6 Å². The van der Waals surface area contributed by atoms with E-state index in [1.54, 1.807) is 13.7 Å². The first-order valence-corrected chi connectivity index (χ1v) is 5.41. The summed E-state index contributed by atoms with van der Waals surface area (Å²) in [4.78, 5) is 12.6. The van der Waals surface area contributed by atoms with Crippen LogP contribution in [0.25, 0.3) is 0 Å². The molecule has 0 heterocycles. The molecule has 3 nitrogen and oxygen atoms in total. The molecule has 0 rings (SSSR count). The van der Waals surface area contributed by atoms with Crippen LogP contribution in [-0.2, 0) is 4.79 Å². The van der Waals surface area contributed by atoms with E-state index in [9.17, 15) is 9.82 Å². The van der Waals surface area contributed by atoms with E-state index in [4.69, 9.17) is 0 Å². The van der Waals surface area contributed by atoms with Crippen LogP contribution in [0.15, 0.2) is 0 Å². The molecule has 0 saturated heterocycles. The average Bonchev–Trinajstić information content (AvgIpc) is 2.09. The minimum absolute atomic E-state index is 0.283. The van der Waals surface area contributed by atoms with E-state index in [0.717, 1.165) is 32.2 Å². The van der Waals surface area contributed by atoms with Crippen molar-refractivity contribution in [2.24, 2.45) is 0 Å². The number of ketones is 1. The van der Waals surface area contributed by atoms with Crippen molar-refractivity contribution in [3.63, 3.8) is 0 Å². The molecule has 0 aliphatic heterocycles. The number of carbonyl (C=O) groups is 1. The highest BCUT2D eigenvalue weighted by atomic mass is 16.2. The summed E-state index contributed by atoms with van der Waals surface area (Å²) in [5.74, 6) is 0.283. The lowest BCUT2D eigenvalue weighted by molar-refractivity contribution is -0.117. The molecule has 4 heteroatoms. The molecule has 0 unspecified atom stereocenters. The maximum absolute atomic E-state index is 10.6. The van der Waals surface area contributed by atoms with Crippen molar-refractivity contribution in [2.75, 3.05) is 13.6 Å². The SMILES string of the molecule is CB(O)N(C)CCCCCCC(C)=O. The number of nitrogens with zero attached hydrogens (tertiary/aromatic N) is 1. The number of rotatable bonds is 8. The topological polar surface area (TPSA) is 40.5 Å². The van der Waals surface area contributed by atoms with Gasteiger partial charge in [-0.25, -0.2) is 0 Å². The third-order valence-electron chi connectivity index (χ3n) is 2.43. The van der Waals surface area contributed by atoms with Gasteiger partial charge < -0.3 is 14.6 Å². The molecule has 0 saturated carbocycles. The van der Waals surface area contributed by atoms with Crippen LogP contribution < -0.4 is 0 Å². The Morgan fingerprint density at radius 1 is 1.29 bits per heavy atom. The molecule has 0 fully saturated rings. The lowest BCUT2D eigenvalue weighted by Gasteiger charge is -2.16. The second kappa shape index (κ2) is 8.00. The summed E-state index contributed by atoms with van der Waals surface area (Å²) in [5, 5.41) is 9.18. The minimum atomic E-state index is -0.354. The van der Waals surface area contributed by atoms with Gasteiger partial charge in [0.25, 0.3) is 0 Å². The fourth-order valence-electron chi connectivity index (χ4n) is 1.28.